The molecule has 0 aliphatic carbocycles. The van der Waals surface area contributed by atoms with E-state index in [-0.39, 0.29) is 5.91 Å². The topological polar surface area (TPSA) is 79.9 Å². The predicted molar refractivity (Wildman–Crippen MR) is 138 cm³/mol. The van der Waals surface area contributed by atoms with Crippen LogP contribution in [-0.4, -0.2) is 19.1 Å². The highest BCUT2D eigenvalue weighted by Crippen LogP contribution is 2.38. The van der Waals surface area contributed by atoms with Crippen LogP contribution >= 0.6 is 0 Å². The molecule has 0 unspecified atom stereocenters. The number of amides is 2. The van der Waals surface area contributed by atoms with Gasteiger partial charge in [-0.05, 0) is 48.5 Å². The molecule has 0 heterocycles. The van der Waals surface area contributed by atoms with Gasteiger partial charge in [-0.15, -0.1) is 0 Å². The minimum absolute atomic E-state index is 0.168. The third-order valence-electron chi connectivity index (χ3n) is 5.05. The van der Waals surface area contributed by atoms with Crippen LogP contribution < -0.4 is 25.0 Å². The Balaban J connectivity index is 1.59. The molecular formula is C28H25N3O4. The van der Waals surface area contributed by atoms with Gasteiger partial charge in [0.2, 0.25) is 5.91 Å². The number of methoxy groups -OCH3 is 1. The maximum atomic E-state index is 12.6. The van der Waals surface area contributed by atoms with Crippen molar-refractivity contribution < 1.29 is 19.1 Å². The van der Waals surface area contributed by atoms with E-state index in [1.54, 1.807) is 43.5 Å². The monoisotopic (exact) mass is 467 g/mol. The molecule has 0 radical (unpaired) electrons. The fourth-order valence-corrected chi connectivity index (χ4v) is 3.55. The van der Waals surface area contributed by atoms with E-state index in [2.05, 4.69) is 10.6 Å². The Bertz CT molecular complexity index is 1250. The molecule has 7 nitrogen and oxygen atoms in total. The van der Waals surface area contributed by atoms with E-state index in [0.717, 1.165) is 17.1 Å². The van der Waals surface area contributed by atoms with Crippen molar-refractivity contribution in [1.29, 1.82) is 0 Å². The molecule has 176 valence electrons. The lowest BCUT2D eigenvalue weighted by Gasteiger charge is -2.26. The van der Waals surface area contributed by atoms with Crippen LogP contribution in [0.25, 0.3) is 0 Å². The maximum Gasteiger partial charge on any atom is 0.417 e. The molecule has 0 aromatic heterocycles. The van der Waals surface area contributed by atoms with Crippen LogP contribution in [0.3, 0.4) is 0 Å². The van der Waals surface area contributed by atoms with Crippen molar-refractivity contribution in [2.45, 2.75) is 6.92 Å². The highest BCUT2D eigenvalue weighted by Gasteiger charge is 2.16. The fourth-order valence-electron chi connectivity index (χ4n) is 3.55. The minimum atomic E-state index is -0.651. The lowest BCUT2D eigenvalue weighted by atomic mass is 10.2. The second-order valence-corrected chi connectivity index (χ2v) is 7.65. The van der Waals surface area contributed by atoms with Crippen LogP contribution in [-0.2, 0) is 4.79 Å². The molecule has 4 aromatic rings. The average molecular weight is 468 g/mol. The Morgan fingerprint density at radius 2 is 1.17 bits per heavy atom. The first kappa shape index (κ1) is 23.4. The van der Waals surface area contributed by atoms with Gasteiger partial charge in [0.25, 0.3) is 0 Å². The minimum Gasteiger partial charge on any atom is -0.497 e. The van der Waals surface area contributed by atoms with Gasteiger partial charge in [-0.1, -0.05) is 36.4 Å². The Kier molecular flexibility index (Phi) is 7.28. The second-order valence-electron chi connectivity index (χ2n) is 7.65. The molecule has 35 heavy (non-hydrogen) atoms. The number of hydrogen-bond acceptors (Lipinski definition) is 5. The van der Waals surface area contributed by atoms with Crippen molar-refractivity contribution in [2.24, 2.45) is 0 Å². The highest BCUT2D eigenvalue weighted by molar-refractivity contribution is 5.90. The van der Waals surface area contributed by atoms with Crippen molar-refractivity contribution in [2.75, 3.05) is 22.6 Å². The average Bonchev–Trinajstić information content (AvgIpc) is 2.86. The van der Waals surface area contributed by atoms with E-state index in [9.17, 15) is 9.59 Å². The van der Waals surface area contributed by atoms with Crippen molar-refractivity contribution >= 4 is 40.4 Å². The number of carbonyl (C=O) groups is 2. The van der Waals surface area contributed by atoms with Gasteiger partial charge in [0.15, 0.2) is 0 Å². The largest absolute Gasteiger partial charge is 0.497 e. The molecule has 0 fully saturated rings. The van der Waals surface area contributed by atoms with E-state index in [1.807, 2.05) is 71.6 Å². The molecule has 4 rings (SSSR count). The summed E-state index contributed by atoms with van der Waals surface area (Å²) >= 11 is 0. The van der Waals surface area contributed by atoms with Crippen LogP contribution in [0.1, 0.15) is 6.92 Å². The van der Waals surface area contributed by atoms with Gasteiger partial charge in [0.05, 0.1) is 12.8 Å². The predicted octanol–water partition coefficient (Wildman–Crippen LogP) is 6.73. The van der Waals surface area contributed by atoms with Crippen LogP contribution in [0.15, 0.2) is 103 Å². The molecule has 2 amide bonds. The zero-order valence-electron chi connectivity index (χ0n) is 19.4. The van der Waals surface area contributed by atoms with Crippen LogP contribution in [0.4, 0.5) is 33.2 Å². The molecule has 0 aliphatic heterocycles. The molecule has 0 spiro atoms. The normalized spacial score (nSPS) is 10.2. The van der Waals surface area contributed by atoms with E-state index in [4.69, 9.17) is 9.47 Å². The number of nitrogens with one attached hydrogen (secondary N) is 2. The first-order valence-corrected chi connectivity index (χ1v) is 11.0. The van der Waals surface area contributed by atoms with Gasteiger partial charge in [-0.25, -0.2) is 4.79 Å². The standard InChI is InChI=1S/C28H25N3O4/c1-20(32)29-21-13-15-22(16-14-21)30-28(33)35-27-18-25(17-26(19-27)34-2)31(23-9-5-3-6-10-23)24-11-7-4-8-12-24/h3-19H,1-2H3,(H,29,32)(H,30,33). The van der Waals surface area contributed by atoms with Crippen LogP contribution in [0.2, 0.25) is 0 Å². The second kappa shape index (κ2) is 10.9. The SMILES string of the molecule is COc1cc(OC(=O)Nc2ccc(NC(C)=O)cc2)cc(N(c2ccccc2)c2ccccc2)c1. The fraction of sp³-hybridized carbons (Fsp3) is 0.0714. The summed E-state index contributed by atoms with van der Waals surface area (Å²) in [4.78, 5) is 25.8. The van der Waals surface area contributed by atoms with Gasteiger partial charge in [-0.2, -0.15) is 0 Å². The Labute approximate surface area is 203 Å². The zero-order chi connectivity index (χ0) is 24.6. The van der Waals surface area contributed by atoms with Gasteiger partial charge < -0.3 is 19.7 Å². The van der Waals surface area contributed by atoms with Crippen LogP contribution in [0, 0.1) is 0 Å². The number of nitrogens with zero attached hydrogens (tertiary/aromatic N) is 1. The van der Waals surface area contributed by atoms with E-state index < -0.39 is 6.09 Å². The van der Waals surface area contributed by atoms with Crippen molar-refractivity contribution in [3.05, 3.63) is 103 Å². The molecule has 7 heteroatoms. The summed E-state index contributed by atoms with van der Waals surface area (Å²) in [6.07, 6.45) is -0.651. The van der Waals surface area contributed by atoms with E-state index >= 15 is 0 Å². The number of anilines is 5. The first-order valence-electron chi connectivity index (χ1n) is 11.0. The summed E-state index contributed by atoms with van der Waals surface area (Å²) in [6.45, 7) is 1.43. The van der Waals surface area contributed by atoms with Gasteiger partial charge in [0, 0.05) is 47.9 Å². The molecule has 0 atom stereocenters. The summed E-state index contributed by atoms with van der Waals surface area (Å²) in [6, 6.07) is 31.8. The maximum absolute atomic E-state index is 12.6. The van der Waals surface area contributed by atoms with E-state index in [1.165, 1.54) is 6.92 Å². The van der Waals surface area contributed by atoms with Crippen molar-refractivity contribution in [3.63, 3.8) is 0 Å². The number of rotatable bonds is 7. The number of para-hydroxylation sites is 2. The lowest BCUT2D eigenvalue weighted by molar-refractivity contribution is -0.114. The smallest absolute Gasteiger partial charge is 0.417 e. The van der Waals surface area contributed by atoms with Gasteiger partial charge >= 0.3 is 6.09 Å². The number of carbonyl (C=O) groups excluding carboxylic acids is 2. The summed E-state index contributed by atoms with van der Waals surface area (Å²) in [7, 11) is 1.56. The Morgan fingerprint density at radius 3 is 1.69 bits per heavy atom. The van der Waals surface area contributed by atoms with Gasteiger partial charge in [0.1, 0.15) is 11.5 Å². The Hall–Kier alpha value is -4.78. The van der Waals surface area contributed by atoms with E-state index in [0.29, 0.717) is 22.9 Å². The summed E-state index contributed by atoms with van der Waals surface area (Å²) in [5.74, 6) is 0.699. The third kappa shape index (κ3) is 6.17. The highest BCUT2D eigenvalue weighted by atomic mass is 16.6. The zero-order valence-corrected chi connectivity index (χ0v) is 19.4. The van der Waals surface area contributed by atoms with Crippen molar-refractivity contribution in [3.8, 4) is 11.5 Å². The van der Waals surface area contributed by atoms with Crippen molar-refractivity contribution in [1.82, 2.24) is 0 Å². The molecule has 0 aliphatic rings. The van der Waals surface area contributed by atoms with Crippen LogP contribution in [0.5, 0.6) is 11.5 Å². The third-order valence-corrected chi connectivity index (χ3v) is 5.05. The molecule has 0 bridgehead atoms. The summed E-state index contributed by atoms with van der Waals surface area (Å²) < 4.78 is 11.1. The molecule has 4 aromatic carbocycles. The summed E-state index contributed by atoms with van der Waals surface area (Å²) in [5.41, 5.74) is 3.82. The number of ether oxygens (including phenoxy) is 2. The first-order chi connectivity index (χ1) is 17.0. The summed E-state index contributed by atoms with van der Waals surface area (Å²) in [5, 5.41) is 5.37. The Morgan fingerprint density at radius 1 is 0.657 bits per heavy atom. The molecule has 0 saturated heterocycles. The quantitative estimate of drug-likeness (QED) is 0.315. The molecule has 2 N–H and O–H groups in total. The molecule has 0 saturated carbocycles. The molecular weight excluding hydrogens is 442 g/mol. The lowest BCUT2D eigenvalue weighted by Crippen LogP contribution is -2.17. The number of benzene rings is 4. The number of hydrogen-bond donors (Lipinski definition) is 2. The van der Waals surface area contributed by atoms with Gasteiger partial charge in [-0.3, -0.25) is 10.1 Å².